The molecule has 3 aromatic rings. The SMILES string of the molecule is COCCN(CC(=O)N(C)C(CN1CCOCC1)c1ccc(-c2cccc(C(=O)N3CCCC3)c2)cc1)c1ccc(Cl)c(Cl)c1. The molecular weight excluding hydrogens is 611 g/mol. The van der Waals surface area contributed by atoms with E-state index in [0.717, 1.165) is 61.4 Å². The zero-order chi connectivity index (χ0) is 31.8. The van der Waals surface area contributed by atoms with Crippen LogP contribution in [0.4, 0.5) is 5.69 Å². The summed E-state index contributed by atoms with van der Waals surface area (Å²) in [6.07, 6.45) is 2.13. The highest BCUT2D eigenvalue weighted by atomic mass is 35.5. The topological polar surface area (TPSA) is 65.6 Å². The molecule has 5 rings (SSSR count). The first-order valence-electron chi connectivity index (χ1n) is 15.6. The van der Waals surface area contributed by atoms with Crippen LogP contribution in [0.1, 0.15) is 34.8 Å². The molecule has 240 valence electrons. The predicted octanol–water partition coefficient (Wildman–Crippen LogP) is 5.88. The number of benzene rings is 3. The molecule has 3 aromatic carbocycles. The van der Waals surface area contributed by atoms with Crippen molar-refractivity contribution in [1.29, 1.82) is 0 Å². The fourth-order valence-electron chi connectivity index (χ4n) is 5.94. The summed E-state index contributed by atoms with van der Waals surface area (Å²) in [5.41, 5.74) is 4.59. The Morgan fingerprint density at radius 2 is 1.64 bits per heavy atom. The van der Waals surface area contributed by atoms with E-state index in [1.807, 2.05) is 52.1 Å². The number of likely N-dealkylation sites (N-methyl/N-ethyl adjacent to an activating group) is 1. The number of halogens is 2. The molecule has 2 saturated heterocycles. The van der Waals surface area contributed by atoms with E-state index in [9.17, 15) is 9.59 Å². The number of likely N-dealkylation sites (tertiary alicyclic amines) is 1. The van der Waals surface area contributed by atoms with E-state index in [4.69, 9.17) is 32.7 Å². The second-order valence-corrected chi connectivity index (χ2v) is 12.5. The van der Waals surface area contributed by atoms with Crippen molar-refractivity contribution in [2.45, 2.75) is 18.9 Å². The molecule has 2 fully saturated rings. The first-order chi connectivity index (χ1) is 21.8. The number of carbonyl (C=O) groups is 2. The summed E-state index contributed by atoms with van der Waals surface area (Å²) in [4.78, 5) is 35.0. The van der Waals surface area contributed by atoms with Crippen LogP contribution in [0.25, 0.3) is 11.1 Å². The summed E-state index contributed by atoms with van der Waals surface area (Å²) in [6.45, 7) is 6.48. The molecule has 0 saturated carbocycles. The highest BCUT2D eigenvalue weighted by molar-refractivity contribution is 6.42. The summed E-state index contributed by atoms with van der Waals surface area (Å²) in [5.74, 6) is 0.0738. The summed E-state index contributed by atoms with van der Waals surface area (Å²) in [7, 11) is 3.52. The van der Waals surface area contributed by atoms with Gasteiger partial charge in [0.1, 0.15) is 0 Å². The second kappa shape index (κ2) is 15.9. The van der Waals surface area contributed by atoms with E-state index < -0.39 is 0 Å². The van der Waals surface area contributed by atoms with Crippen LogP contribution in [0.5, 0.6) is 0 Å². The summed E-state index contributed by atoms with van der Waals surface area (Å²) < 4.78 is 10.9. The normalized spacial score (nSPS) is 16.0. The summed E-state index contributed by atoms with van der Waals surface area (Å²) in [6, 6.07) is 21.4. The number of rotatable bonds is 12. The zero-order valence-electron chi connectivity index (χ0n) is 26.1. The Morgan fingerprint density at radius 3 is 2.33 bits per heavy atom. The number of ether oxygens (including phenoxy) is 2. The van der Waals surface area contributed by atoms with Gasteiger partial charge >= 0.3 is 0 Å². The minimum Gasteiger partial charge on any atom is -0.383 e. The average Bonchev–Trinajstić information content (AvgIpc) is 3.62. The maximum atomic E-state index is 13.9. The summed E-state index contributed by atoms with van der Waals surface area (Å²) >= 11 is 12.5. The summed E-state index contributed by atoms with van der Waals surface area (Å²) in [5, 5.41) is 0.906. The highest BCUT2D eigenvalue weighted by Gasteiger charge is 2.27. The van der Waals surface area contributed by atoms with Crippen molar-refractivity contribution < 1.29 is 19.1 Å². The van der Waals surface area contributed by atoms with E-state index in [2.05, 4.69) is 29.2 Å². The molecule has 1 atom stereocenters. The van der Waals surface area contributed by atoms with Crippen LogP contribution in [0.2, 0.25) is 10.0 Å². The first kappa shape index (κ1) is 33.2. The number of amides is 2. The number of hydrogen-bond donors (Lipinski definition) is 0. The molecule has 10 heteroatoms. The average molecular weight is 654 g/mol. The van der Waals surface area contributed by atoms with E-state index in [1.54, 1.807) is 19.2 Å². The third-order valence-corrected chi connectivity index (χ3v) is 9.43. The number of carbonyl (C=O) groups excluding carboxylic acids is 2. The van der Waals surface area contributed by atoms with Crippen LogP contribution >= 0.6 is 23.2 Å². The van der Waals surface area contributed by atoms with Crippen molar-refractivity contribution in [3.05, 3.63) is 87.9 Å². The molecule has 0 bridgehead atoms. The van der Waals surface area contributed by atoms with Gasteiger partial charge < -0.3 is 24.2 Å². The number of methoxy groups -OCH3 is 1. The van der Waals surface area contributed by atoms with Crippen LogP contribution in [0, 0.1) is 0 Å². The molecule has 1 unspecified atom stereocenters. The van der Waals surface area contributed by atoms with Crippen molar-refractivity contribution in [3.8, 4) is 11.1 Å². The lowest BCUT2D eigenvalue weighted by Gasteiger charge is -2.36. The lowest BCUT2D eigenvalue weighted by atomic mass is 9.98. The molecule has 0 N–H and O–H groups in total. The maximum Gasteiger partial charge on any atom is 0.253 e. The van der Waals surface area contributed by atoms with Crippen molar-refractivity contribution in [2.75, 3.05) is 84.7 Å². The van der Waals surface area contributed by atoms with Gasteiger partial charge in [-0.3, -0.25) is 14.5 Å². The Kier molecular flexibility index (Phi) is 11.8. The Labute approximate surface area is 276 Å². The molecule has 0 aliphatic carbocycles. The molecule has 0 aromatic heterocycles. The Hall–Kier alpha value is -3.14. The first-order valence-corrected chi connectivity index (χ1v) is 16.3. The molecule has 8 nitrogen and oxygen atoms in total. The van der Waals surface area contributed by atoms with Crippen LogP contribution in [0.15, 0.2) is 66.7 Å². The van der Waals surface area contributed by atoms with Crippen molar-refractivity contribution in [3.63, 3.8) is 0 Å². The maximum absolute atomic E-state index is 13.9. The number of nitrogens with zero attached hydrogens (tertiary/aromatic N) is 4. The third-order valence-electron chi connectivity index (χ3n) is 8.69. The lowest BCUT2D eigenvalue weighted by molar-refractivity contribution is -0.131. The second-order valence-electron chi connectivity index (χ2n) is 11.6. The zero-order valence-corrected chi connectivity index (χ0v) is 27.6. The minimum atomic E-state index is -0.175. The molecule has 0 radical (unpaired) electrons. The highest BCUT2D eigenvalue weighted by Crippen LogP contribution is 2.29. The van der Waals surface area contributed by atoms with Gasteiger partial charge in [0.05, 0.1) is 42.5 Å². The van der Waals surface area contributed by atoms with Gasteiger partial charge in [0, 0.05) is 64.7 Å². The fraction of sp³-hybridized carbons (Fsp3) is 0.429. The van der Waals surface area contributed by atoms with E-state index >= 15 is 0 Å². The Balaban J connectivity index is 1.36. The van der Waals surface area contributed by atoms with Crippen LogP contribution in [0.3, 0.4) is 0 Å². The van der Waals surface area contributed by atoms with Crippen LogP contribution in [-0.4, -0.2) is 106 Å². The Bertz CT molecular complexity index is 1440. The van der Waals surface area contributed by atoms with Gasteiger partial charge in [0.25, 0.3) is 5.91 Å². The molecule has 45 heavy (non-hydrogen) atoms. The Morgan fingerprint density at radius 1 is 0.911 bits per heavy atom. The molecule has 2 heterocycles. The van der Waals surface area contributed by atoms with Crippen molar-refractivity contribution in [2.24, 2.45) is 0 Å². The van der Waals surface area contributed by atoms with Crippen LogP contribution < -0.4 is 4.90 Å². The van der Waals surface area contributed by atoms with Crippen LogP contribution in [-0.2, 0) is 14.3 Å². The quantitative estimate of drug-likeness (QED) is 0.243. The van der Waals surface area contributed by atoms with Gasteiger partial charge in [-0.25, -0.2) is 0 Å². The number of morpholine rings is 1. The van der Waals surface area contributed by atoms with E-state index in [-0.39, 0.29) is 24.4 Å². The van der Waals surface area contributed by atoms with E-state index in [0.29, 0.717) is 48.5 Å². The van der Waals surface area contributed by atoms with Gasteiger partial charge in [0.15, 0.2) is 0 Å². The monoisotopic (exact) mass is 652 g/mol. The molecule has 0 spiro atoms. The molecular formula is C35H42Cl2N4O4. The fourth-order valence-corrected chi connectivity index (χ4v) is 6.24. The van der Waals surface area contributed by atoms with Gasteiger partial charge in [0.2, 0.25) is 5.91 Å². The van der Waals surface area contributed by atoms with Gasteiger partial charge in [-0.05, 0) is 59.9 Å². The lowest BCUT2D eigenvalue weighted by Crippen LogP contribution is -2.46. The number of anilines is 1. The smallest absolute Gasteiger partial charge is 0.253 e. The van der Waals surface area contributed by atoms with Gasteiger partial charge in [-0.2, -0.15) is 0 Å². The standard InChI is InChI=1S/C35H42Cl2N4O4/c1-38(34(42)25-41(18-19-44-2)30-12-13-31(36)32(37)23-30)33(24-39-16-20-45-21-17-39)27-10-8-26(9-11-27)28-6-5-7-29(22-28)35(43)40-14-3-4-15-40/h5-13,22-23,33H,3-4,14-21,24-25H2,1-2H3. The van der Waals surface area contributed by atoms with Crippen molar-refractivity contribution >= 4 is 40.7 Å². The van der Waals surface area contributed by atoms with E-state index in [1.165, 1.54) is 0 Å². The molecule has 2 aliphatic rings. The van der Waals surface area contributed by atoms with Gasteiger partial charge in [-0.1, -0.05) is 59.6 Å². The largest absolute Gasteiger partial charge is 0.383 e. The van der Waals surface area contributed by atoms with Crippen molar-refractivity contribution in [1.82, 2.24) is 14.7 Å². The third kappa shape index (κ3) is 8.57. The minimum absolute atomic E-state index is 0.0207. The number of hydrogen-bond acceptors (Lipinski definition) is 6. The molecule has 2 amide bonds. The molecule has 2 aliphatic heterocycles. The predicted molar refractivity (Wildman–Crippen MR) is 180 cm³/mol. The van der Waals surface area contributed by atoms with Gasteiger partial charge in [-0.15, -0.1) is 0 Å².